The minimum atomic E-state index is -1.23. The minimum absolute atomic E-state index is 0.0915. The van der Waals surface area contributed by atoms with Gasteiger partial charge in [0, 0.05) is 16.0 Å². The van der Waals surface area contributed by atoms with E-state index in [1.807, 2.05) is 0 Å². The fourth-order valence-electron chi connectivity index (χ4n) is 3.71. The Morgan fingerprint density at radius 2 is 2.19 bits per heavy atom. The van der Waals surface area contributed by atoms with E-state index in [1.54, 1.807) is 40.4 Å². The maximum atomic E-state index is 11.4. The summed E-state index contributed by atoms with van der Waals surface area (Å²) in [6.45, 7) is 2.28. The molecular formula is C19H15N4O2S-. The Bertz CT molecular complexity index is 1180. The van der Waals surface area contributed by atoms with Crippen molar-refractivity contribution in [3.63, 3.8) is 0 Å². The smallest absolute Gasteiger partial charge is 0.182 e. The molecule has 0 radical (unpaired) electrons. The van der Waals surface area contributed by atoms with Crippen LogP contribution in [0.3, 0.4) is 0 Å². The van der Waals surface area contributed by atoms with Crippen molar-refractivity contribution >= 4 is 33.2 Å². The number of aryl methyl sites for hydroxylation is 1. The number of benzene rings is 1. The number of thiophene rings is 1. The first-order chi connectivity index (χ1) is 12.6. The Morgan fingerprint density at radius 3 is 3.04 bits per heavy atom. The second kappa shape index (κ2) is 5.60. The van der Waals surface area contributed by atoms with Gasteiger partial charge in [-0.05, 0) is 30.7 Å². The van der Waals surface area contributed by atoms with Crippen LogP contribution in [0.2, 0.25) is 0 Å². The fourth-order valence-corrected chi connectivity index (χ4v) is 5.05. The number of carbonyl (C=O) groups is 1. The van der Waals surface area contributed by atoms with Crippen LogP contribution in [-0.2, 0) is 12.8 Å². The molecule has 0 saturated carbocycles. The molecule has 0 saturated heterocycles. The lowest BCUT2D eigenvalue weighted by atomic mass is 9.89. The Morgan fingerprint density at radius 1 is 1.35 bits per heavy atom. The minimum Gasteiger partial charge on any atom is -0.545 e. The number of carboxylic acid groups (broad SMARTS) is 1. The topological polar surface area (TPSA) is 83.2 Å². The van der Waals surface area contributed by atoms with E-state index in [9.17, 15) is 9.90 Å². The third kappa shape index (κ3) is 2.24. The van der Waals surface area contributed by atoms with Crippen LogP contribution in [-0.4, -0.2) is 25.6 Å². The third-order valence-electron chi connectivity index (χ3n) is 5.02. The first-order valence-corrected chi connectivity index (χ1v) is 9.40. The molecule has 0 bridgehead atoms. The summed E-state index contributed by atoms with van der Waals surface area (Å²) in [6.07, 6.45) is 4.92. The molecule has 1 atom stereocenters. The predicted octanol–water partition coefficient (Wildman–Crippen LogP) is 2.49. The van der Waals surface area contributed by atoms with Gasteiger partial charge in [0.25, 0.3) is 0 Å². The molecule has 0 aliphatic heterocycles. The van der Waals surface area contributed by atoms with Gasteiger partial charge in [-0.3, -0.25) is 0 Å². The van der Waals surface area contributed by atoms with Crippen LogP contribution in [0.15, 0.2) is 30.6 Å². The number of nitrogens with zero attached hydrogens (tertiary/aromatic N) is 4. The SMILES string of the molecule is C[C@@H]1CCc2c(sc3ncn4nc(-c5ccccc5C(=O)[O-])nc4c23)C1. The second-order valence-corrected chi connectivity index (χ2v) is 7.90. The highest BCUT2D eigenvalue weighted by Gasteiger charge is 2.24. The predicted molar refractivity (Wildman–Crippen MR) is 97.1 cm³/mol. The molecule has 5 rings (SSSR count). The lowest BCUT2D eigenvalue weighted by Gasteiger charge is -2.17. The fraction of sp³-hybridized carbons (Fsp3) is 0.263. The zero-order valence-corrected chi connectivity index (χ0v) is 14.9. The second-order valence-electron chi connectivity index (χ2n) is 6.81. The molecule has 0 spiro atoms. The van der Waals surface area contributed by atoms with Crippen LogP contribution >= 0.6 is 11.3 Å². The van der Waals surface area contributed by atoms with Gasteiger partial charge < -0.3 is 9.90 Å². The molecule has 0 unspecified atom stereocenters. The molecule has 0 amide bonds. The number of hydrogen-bond acceptors (Lipinski definition) is 6. The molecule has 1 aliphatic carbocycles. The highest BCUT2D eigenvalue weighted by Crippen LogP contribution is 2.38. The molecule has 3 heterocycles. The molecule has 1 aromatic carbocycles. The average molecular weight is 363 g/mol. The number of carboxylic acids is 1. The number of rotatable bonds is 2. The normalized spacial score (nSPS) is 16.9. The molecule has 130 valence electrons. The van der Waals surface area contributed by atoms with E-state index in [4.69, 9.17) is 0 Å². The highest BCUT2D eigenvalue weighted by molar-refractivity contribution is 7.19. The van der Waals surface area contributed by atoms with E-state index in [2.05, 4.69) is 22.0 Å². The molecule has 7 heteroatoms. The molecule has 6 nitrogen and oxygen atoms in total. The van der Waals surface area contributed by atoms with Crippen LogP contribution in [0.5, 0.6) is 0 Å². The molecule has 0 N–H and O–H groups in total. The van der Waals surface area contributed by atoms with Gasteiger partial charge in [0.05, 0.1) is 11.4 Å². The van der Waals surface area contributed by atoms with Gasteiger partial charge in [0.2, 0.25) is 0 Å². The summed E-state index contributed by atoms with van der Waals surface area (Å²) in [6, 6.07) is 6.66. The lowest BCUT2D eigenvalue weighted by Crippen LogP contribution is -2.23. The molecule has 4 aromatic rings. The first kappa shape index (κ1) is 15.5. The van der Waals surface area contributed by atoms with E-state index < -0.39 is 5.97 Å². The Labute approximate surface area is 153 Å². The lowest BCUT2D eigenvalue weighted by molar-refractivity contribution is -0.254. The van der Waals surface area contributed by atoms with Gasteiger partial charge in [-0.1, -0.05) is 31.2 Å². The third-order valence-corrected chi connectivity index (χ3v) is 6.18. The number of aromatic carboxylic acids is 1. The Balaban J connectivity index is 1.76. The standard InChI is InChI=1S/C19H16N4O2S/c1-10-6-7-13-14(8-10)26-18-15(13)17-21-16(22-23(17)9-20-18)11-4-2-3-5-12(11)19(24)25/h2-5,9-10H,6-8H2,1H3,(H,24,25)/p-1/t10-/m1/s1. The van der Waals surface area contributed by atoms with E-state index in [0.717, 1.165) is 35.1 Å². The molecular weight excluding hydrogens is 348 g/mol. The van der Waals surface area contributed by atoms with Gasteiger partial charge in [-0.15, -0.1) is 16.4 Å². The zero-order valence-electron chi connectivity index (χ0n) is 14.1. The van der Waals surface area contributed by atoms with Gasteiger partial charge in [-0.2, -0.15) is 0 Å². The molecule has 3 aromatic heterocycles. The number of aromatic nitrogens is 4. The average Bonchev–Trinajstić information content (AvgIpc) is 3.21. The van der Waals surface area contributed by atoms with Crippen LogP contribution in [0.1, 0.15) is 34.1 Å². The maximum Gasteiger partial charge on any atom is 0.182 e. The van der Waals surface area contributed by atoms with Crippen LogP contribution in [0.25, 0.3) is 27.3 Å². The van der Waals surface area contributed by atoms with E-state index in [-0.39, 0.29) is 5.56 Å². The molecule has 1 aliphatic rings. The van der Waals surface area contributed by atoms with Crippen LogP contribution in [0, 0.1) is 5.92 Å². The summed E-state index contributed by atoms with van der Waals surface area (Å²) < 4.78 is 1.65. The van der Waals surface area contributed by atoms with Gasteiger partial charge >= 0.3 is 0 Å². The van der Waals surface area contributed by atoms with Gasteiger partial charge in [0.15, 0.2) is 11.5 Å². The van der Waals surface area contributed by atoms with Crippen molar-refractivity contribution in [3.8, 4) is 11.4 Å². The maximum absolute atomic E-state index is 11.4. The van der Waals surface area contributed by atoms with Crippen molar-refractivity contribution in [2.24, 2.45) is 5.92 Å². The van der Waals surface area contributed by atoms with Crippen molar-refractivity contribution in [1.29, 1.82) is 0 Å². The van der Waals surface area contributed by atoms with Gasteiger partial charge in [-0.25, -0.2) is 14.5 Å². The van der Waals surface area contributed by atoms with E-state index >= 15 is 0 Å². The zero-order chi connectivity index (χ0) is 17.8. The number of carbonyl (C=O) groups excluding carboxylic acids is 1. The Kier molecular flexibility index (Phi) is 3.33. The largest absolute Gasteiger partial charge is 0.545 e. The van der Waals surface area contributed by atoms with E-state index in [0.29, 0.717) is 17.3 Å². The summed E-state index contributed by atoms with van der Waals surface area (Å²) in [5, 5.41) is 17.0. The summed E-state index contributed by atoms with van der Waals surface area (Å²) in [4.78, 5) is 23.0. The monoisotopic (exact) mass is 363 g/mol. The van der Waals surface area contributed by atoms with Gasteiger partial charge in [0.1, 0.15) is 11.2 Å². The highest BCUT2D eigenvalue weighted by atomic mass is 32.1. The van der Waals surface area contributed by atoms with E-state index in [1.165, 1.54) is 16.5 Å². The van der Waals surface area contributed by atoms with Crippen molar-refractivity contribution in [2.75, 3.05) is 0 Å². The van der Waals surface area contributed by atoms with Crippen molar-refractivity contribution in [1.82, 2.24) is 19.6 Å². The summed E-state index contributed by atoms with van der Waals surface area (Å²) in [5.41, 5.74) is 2.62. The van der Waals surface area contributed by atoms with Crippen molar-refractivity contribution in [3.05, 3.63) is 46.6 Å². The Hall–Kier alpha value is -2.80. The van der Waals surface area contributed by atoms with Crippen molar-refractivity contribution in [2.45, 2.75) is 26.2 Å². The summed E-state index contributed by atoms with van der Waals surface area (Å²) >= 11 is 1.74. The van der Waals surface area contributed by atoms with Crippen molar-refractivity contribution < 1.29 is 9.90 Å². The number of hydrogen-bond donors (Lipinski definition) is 0. The summed E-state index contributed by atoms with van der Waals surface area (Å²) in [5.74, 6) is -0.164. The van der Waals surface area contributed by atoms with Crippen LogP contribution in [0.4, 0.5) is 0 Å². The summed E-state index contributed by atoms with van der Waals surface area (Å²) in [7, 11) is 0. The first-order valence-electron chi connectivity index (χ1n) is 8.58. The molecule has 0 fully saturated rings. The van der Waals surface area contributed by atoms with Crippen LogP contribution < -0.4 is 5.11 Å². The number of fused-ring (bicyclic) bond motifs is 5. The molecule has 26 heavy (non-hydrogen) atoms. The quantitative estimate of drug-likeness (QED) is 0.546.